The Balaban J connectivity index is 1.96. The van der Waals surface area contributed by atoms with Crippen molar-refractivity contribution in [2.45, 2.75) is 25.4 Å². The third-order valence-electron chi connectivity index (χ3n) is 3.10. The Kier molecular flexibility index (Phi) is 3.71. The number of nitrogens with zero attached hydrogens (tertiary/aromatic N) is 2. The normalized spacial score (nSPS) is 21.4. The maximum atomic E-state index is 10.5. The van der Waals surface area contributed by atoms with Crippen LogP contribution in [0.1, 0.15) is 18.4 Å². The average molecular weight is 235 g/mol. The van der Waals surface area contributed by atoms with Gasteiger partial charge in [0.25, 0.3) is 5.69 Å². The highest BCUT2D eigenvalue weighted by molar-refractivity contribution is 5.32. The molecule has 1 fully saturated rings. The van der Waals surface area contributed by atoms with Crippen molar-refractivity contribution in [3.63, 3.8) is 0 Å². The molecule has 0 radical (unpaired) electrons. The van der Waals surface area contributed by atoms with Crippen LogP contribution in [0.15, 0.2) is 24.3 Å². The van der Waals surface area contributed by atoms with Crippen LogP contribution in [0.3, 0.4) is 0 Å². The lowest BCUT2D eigenvalue weighted by molar-refractivity contribution is -0.384. The first kappa shape index (κ1) is 12.0. The fourth-order valence-corrected chi connectivity index (χ4v) is 2.22. The molecule has 0 bridgehead atoms. The summed E-state index contributed by atoms with van der Waals surface area (Å²) >= 11 is 0. The van der Waals surface area contributed by atoms with Crippen LogP contribution in [0.25, 0.3) is 0 Å². The van der Waals surface area contributed by atoms with Crippen LogP contribution in [-0.4, -0.2) is 29.0 Å². The van der Waals surface area contributed by atoms with E-state index in [-0.39, 0.29) is 16.7 Å². The number of rotatable bonds is 3. The average Bonchev–Trinajstić information content (AvgIpc) is 2.29. The summed E-state index contributed by atoms with van der Waals surface area (Å²) in [6, 6.07) is 7.01. The molecule has 0 spiro atoms. The zero-order valence-electron chi connectivity index (χ0n) is 9.71. The number of hydrogen-bond acceptors (Lipinski definition) is 4. The first-order chi connectivity index (χ1) is 8.15. The summed E-state index contributed by atoms with van der Waals surface area (Å²) < 4.78 is 0. The van der Waals surface area contributed by atoms with Crippen LogP contribution < -0.4 is 5.73 Å². The first-order valence-corrected chi connectivity index (χ1v) is 5.86. The van der Waals surface area contributed by atoms with Crippen molar-refractivity contribution in [3.8, 4) is 0 Å². The number of hydrogen-bond donors (Lipinski definition) is 1. The van der Waals surface area contributed by atoms with Crippen molar-refractivity contribution in [3.05, 3.63) is 39.9 Å². The molecule has 5 heteroatoms. The van der Waals surface area contributed by atoms with E-state index in [1.807, 2.05) is 12.1 Å². The molecule has 2 N–H and O–H groups in total. The fraction of sp³-hybridized carbons (Fsp3) is 0.500. The maximum Gasteiger partial charge on any atom is 0.269 e. The van der Waals surface area contributed by atoms with Crippen LogP contribution in [-0.2, 0) is 6.54 Å². The van der Waals surface area contributed by atoms with Gasteiger partial charge >= 0.3 is 0 Å². The van der Waals surface area contributed by atoms with E-state index in [4.69, 9.17) is 5.73 Å². The lowest BCUT2D eigenvalue weighted by Crippen LogP contribution is -2.42. The molecule has 2 rings (SSSR count). The van der Waals surface area contributed by atoms with Crippen LogP contribution >= 0.6 is 0 Å². The van der Waals surface area contributed by atoms with Crippen molar-refractivity contribution in [1.82, 2.24) is 4.90 Å². The summed E-state index contributed by atoms with van der Waals surface area (Å²) in [5.41, 5.74) is 7.16. The molecule has 0 saturated carbocycles. The van der Waals surface area contributed by atoms with E-state index < -0.39 is 0 Å². The predicted octanol–water partition coefficient (Wildman–Crippen LogP) is 1.52. The number of benzene rings is 1. The van der Waals surface area contributed by atoms with E-state index in [1.165, 1.54) is 0 Å². The van der Waals surface area contributed by atoms with Crippen molar-refractivity contribution >= 4 is 5.69 Å². The molecule has 0 aliphatic carbocycles. The van der Waals surface area contributed by atoms with Crippen LogP contribution in [0.4, 0.5) is 5.69 Å². The van der Waals surface area contributed by atoms with Gasteiger partial charge in [-0.05, 0) is 24.9 Å². The SMILES string of the molecule is NC1CCCN(Cc2ccc([N+](=O)[O-])cc2)C1. The van der Waals surface area contributed by atoms with Gasteiger partial charge < -0.3 is 5.73 Å². The minimum Gasteiger partial charge on any atom is -0.327 e. The van der Waals surface area contributed by atoms with Gasteiger partial charge in [0.1, 0.15) is 0 Å². The largest absolute Gasteiger partial charge is 0.327 e. The van der Waals surface area contributed by atoms with E-state index in [0.29, 0.717) is 0 Å². The fourth-order valence-electron chi connectivity index (χ4n) is 2.22. The Bertz CT molecular complexity index is 391. The topological polar surface area (TPSA) is 72.4 Å². The minimum atomic E-state index is -0.374. The predicted molar refractivity (Wildman–Crippen MR) is 65.6 cm³/mol. The molecule has 1 unspecified atom stereocenters. The lowest BCUT2D eigenvalue weighted by Gasteiger charge is -2.30. The van der Waals surface area contributed by atoms with Gasteiger partial charge in [-0.25, -0.2) is 0 Å². The first-order valence-electron chi connectivity index (χ1n) is 5.86. The summed E-state index contributed by atoms with van der Waals surface area (Å²) in [5.74, 6) is 0. The number of nitro groups is 1. The number of nitrogens with two attached hydrogens (primary N) is 1. The molecular weight excluding hydrogens is 218 g/mol. The van der Waals surface area contributed by atoms with Gasteiger partial charge in [0.2, 0.25) is 0 Å². The second-order valence-electron chi connectivity index (χ2n) is 4.56. The summed E-state index contributed by atoms with van der Waals surface area (Å²) in [6.07, 6.45) is 2.23. The van der Waals surface area contributed by atoms with Gasteiger partial charge in [-0.2, -0.15) is 0 Å². The van der Waals surface area contributed by atoms with Crippen molar-refractivity contribution in [2.24, 2.45) is 5.73 Å². The molecule has 1 heterocycles. The highest BCUT2D eigenvalue weighted by atomic mass is 16.6. The molecule has 1 aliphatic rings. The van der Waals surface area contributed by atoms with Crippen LogP contribution in [0.5, 0.6) is 0 Å². The number of nitro benzene ring substituents is 1. The van der Waals surface area contributed by atoms with Gasteiger partial charge in [-0.15, -0.1) is 0 Å². The second-order valence-corrected chi connectivity index (χ2v) is 4.56. The molecule has 17 heavy (non-hydrogen) atoms. The van der Waals surface area contributed by atoms with E-state index >= 15 is 0 Å². The maximum absolute atomic E-state index is 10.5. The van der Waals surface area contributed by atoms with Crippen molar-refractivity contribution in [2.75, 3.05) is 13.1 Å². The molecular formula is C12H17N3O2. The quantitative estimate of drug-likeness (QED) is 0.636. The molecule has 5 nitrogen and oxygen atoms in total. The zero-order valence-corrected chi connectivity index (χ0v) is 9.71. The highest BCUT2D eigenvalue weighted by Gasteiger charge is 2.16. The molecule has 1 aliphatic heterocycles. The number of piperidine rings is 1. The Labute approximate surface area is 100 Å². The Hall–Kier alpha value is -1.46. The summed E-state index contributed by atoms with van der Waals surface area (Å²) in [6.45, 7) is 2.80. The molecule has 1 atom stereocenters. The number of likely N-dealkylation sites (tertiary alicyclic amines) is 1. The standard InChI is InChI=1S/C12H17N3O2/c13-11-2-1-7-14(9-11)8-10-3-5-12(6-4-10)15(16)17/h3-6,11H,1-2,7-9,13H2. The summed E-state index contributed by atoms with van der Waals surface area (Å²) in [4.78, 5) is 12.5. The lowest BCUT2D eigenvalue weighted by atomic mass is 10.1. The van der Waals surface area contributed by atoms with E-state index in [0.717, 1.165) is 38.0 Å². The molecule has 0 aromatic heterocycles. The molecule has 0 amide bonds. The van der Waals surface area contributed by atoms with Gasteiger partial charge in [0.15, 0.2) is 0 Å². The summed E-state index contributed by atoms with van der Waals surface area (Å²) in [5, 5.41) is 10.5. The second kappa shape index (κ2) is 5.25. The third-order valence-corrected chi connectivity index (χ3v) is 3.10. The Morgan fingerprint density at radius 2 is 2.12 bits per heavy atom. The zero-order chi connectivity index (χ0) is 12.3. The smallest absolute Gasteiger partial charge is 0.269 e. The van der Waals surface area contributed by atoms with Crippen molar-refractivity contribution < 1.29 is 4.92 Å². The van der Waals surface area contributed by atoms with Gasteiger partial charge in [0, 0.05) is 31.3 Å². The monoisotopic (exact) mass is 235 g/mol. The highest BCUT2D eigenvalue weighted by Crippen LogP contribution is 2.16. The Morgan fingerprint density at radius 3 is 2.71 bits per heavy atom. The van der Waals surface area contributed by atoms with Gasteiger partial charge in [0.05, 0.1) is 4.92 Å². The van der Waals surface area contributed by atoms with Crippen LogP contribution in [0.2, 0.25) is 0 Å². The molecule has 92 valence electrons. The Morgan fingerprint density at radius 1 is 1.41 bits per heavy atom. The van der Waals surface area contributed by atoms with Gasteiger partial charge in [-0.1, -0.05) is 12.1 Å². The molecule has 1 aromatic rings. The van der Waals surface area contributed by atoms with Gasteiger partial charge in [-0.3, -0.25) is 15.0 Å². The van der Waals surface area contributed by atoms with E-state index in [9.17, 15) is 10.1 Å². The van der Waals surface area contributed by atoms with E-state index in [2.05, 4.69) is 4.90 Å². The van der Waals surface area contributed by atoms with E-state index in [1.54, 1.807) is 12.1 Å². The van der Waals surface area contributed by atoms with Crippen LogP contribution in [0, 0.1) is 10.1 Å². The van der Waals surface area contributed by atoms with Crippen molar-refractivity contribution in [1.29, 1.82) is 0 Å². The molecule has 1 aromatic carbocycles. The third kappa shape index (κ3) is 3.25. The summed E-state index contributed by atoms with van der Waals surface area (Å²) in [7, 11) is 0. The number of non-ortho nitro benzene ring substituents is 1. The molecule has 1 saturated heterocycles. The minimum absolute atomic E-state index is 0.143.